The lowest BCUT2D eigenvalue weighted by atomic mass is 9.94. The highest BCUT2D eigenvalue weighted by Gasteiger charge is 2.17. The van der Waals surface area contributed by atoms with Crippen molar-refractivity contribution in [3.63, 3.8) is 0 Å². The fourth-order valence-electron chi connectivity index (χ4n) is 8.15. The summed E-state index contributed by atoms with van der Waals surface area (Å²) in [4.78, 5) is 10.2. The van der Waals surface area contributed by atoms with Crippen LogP contribution in [0.25, 0.3) is 111 Å². The molecule has 0 saturated heterocycles. The van der Waals surface area contributed by atoms with Crippen LogP contribution in [0, 0.1) is 0 Å². The first kappa shape index (κ1) is 32.8. The van der Waals surface area contributed by atoms with Gasteiger partial charge in [0.2, 0.25) is 0 Å². The fraction of sp³-hybridized carbons (Fsp3) is 0. The van der Waals surface area contributed by atoms with Gasteiger partial charge in [-0.15, -0.1) is 0 Å². The zero-order valence-electron chi connectivity index (χ0n) is 30.9. The van der Waals surface area contributed by atoms with Crippen molar-refractivity contribution < 1.29 is 4.42 Å². The summed E-state index contributed by atoms with van der Waals surface area (Å²) in [5, 5.41) is 6.94. The van der Waals surface area contributed by atoms with Crippen molar-refractivity contribution in [2.24, 2.45) is 0 Å². The Balaban J connectivity index is 1.00. The molecule has 2 aromatic heterocycles. The van der Waals surface area contributed by atoms with Gasteiger partial charge in [0, 0.05) is 32.8 Å². The van der Waals surface area contributed by atoms with E-state index >= 15 is 0 Å². The molecule has 0 bridgehead atoms. The summed E-state index contributed by atoms with van der Waals surface area (Å²) in [7, 11) is 0. The molecule has 0 atom stereocenters. The standard InChI is InChI=1S/C54H34N2O/c1-3-12-35(13-4-1)41-18-11-19-44(31-41)51-34-50(55-54(56-51)39-15-5-2-6-16-39)38-25-23-37(24-26-38)48-33-49-46-29-28-43(42-27-22-36-14-7-8-17-40(36)30-42)32-52(46)57-53(49)47-21-10-9-20-45(47)48/h1-34H. The first-order valence-electron chi connectivity index (χ1n) is 19.3. The van der Waals surface area contributed by atoms with Crippen LogP contribution in [0.4, 0.5) is 0 Å². The summed E-state index contributed by atoms with van der Waals surface area (Å²) < 4.78 is 6.70. The first-order chi connectivity index (χ1) is 28.2. The van der Waals surface area contributed by atoms with E-state index in [2.05, 4.69) is 182 Å². The van der Waals surface area contributed by atoms with Crippen molar-refractivity contribution >= 4 is 43.5 Å². The van der Waals surface area contributed by atoms with Crippen molar-refractivity contribution in [3.8, 4) is 67.3 Å². The monoisotopic (exact) mass is 726 g/mol. The van der Waals surface area contributed by atoms with Crippen LogP contribution in [0.5, 0.6) is 0 Å². The highest BCUT2D eigenvalue weighted by molar-refractivity contribution is 6.19. The van der Waals surface area contributed by atoms with Crippen LogP contribution in [0.1, 0.15) is 0 Å². The van der Waals surface area contributed by atoms with Crippen molar-refractivity contribution in [2.45, 2.75) is 0 Å². The highest BCUT2D eigenvalue weighted by Crippen LogP contribution is 2.41. The minimum Gasteiger partial charge on any atom is -0.455 e. The zero-order valence-corrected chi connectivity index (χ0v) is 30.9. The van der Waals surface area contributed by atoms with E-state index in [-0.39, 0.29) is 0 Å². The number of aromatic nitrogens is 2. The van der Waals surface area contributed by atoms with Crippen LogP contribution in [-0.4, -0.2) is 9.97 Å². The Morgan fingerprint density at radius 1 is 0.298 bits per heavy atom. The Morgan fingerprint density at radius 3 is 1.68 bits per heavy atom. The van der Waals surface area contributed by atoms with Crippen LogP contribution < -0.4 is 0 Å². The number of furan rings is 1. The number of hydrogen-bond donors (Lipinski definition) is 0. The maximum Gasteiger partial charge on any atom is 0.160 e. The number of hydrogen-bond acceptors (Lipinski definition) is 3. The maximum atomic E-state index is 6.70. The van der Waals surface area contributed by atoms with Gasteiger partial charge >= 0.3 is 0 Å². The largest absolute Gasteiger partial charge is 0.455 e. The molecule has 3 nitrogen and oxygen atoms in total. The molecule has 0 amide bonds. The highest BCUT2D eigenvalue weighted by atomic mass is 16.3. The molecule has 9 aromatic carbocycles. The summed E-state index contributed by atoms with van der Waals surface area (Å²) in [6, 6.07) is 72.7. The second-order valence-electron chi connectivity index (χ2n) is 14.6. The number of fused-ring (bicyclic) bond motifs is 6. The lowest BCUT2D eigenvalue weighted by Crippen LogP contribution is -1.96. The number of benzene rings is 9. The third-order valence-corrected chi connectivity index (χ3v) is 11.1. The molecule has 0 radical (unpaired) electrons. The van der Waals surface area contributed by atoms with E-state index < -0.39 is 0 Å². The van der Waals surface area contributed by atoms with Gasteiger partial charge in [0.05, 0.1) is 11.4 Å². The number of nitrogens with zero attached hydrogens (tertiary/aromatic N) is 2. The Hall–Kier alpha value is -7.62. The van der Waals surface area contributed by atoms with Crippen LogP contribution in [0.2, 0.25) is 0 Å². The molecule has 0 N–H and O–H groups in total. The Bertz CT molecular complexity index is 3270. The third kappa shape index (κ3) is 5.94. The molecule has 0 fully saturated rings. The van der Waals surface area contributed by atoms with Crippen molar-refractivity contribution in [2.75, 3.05) is 0 Å². The van der Waals surface area contributed by atoms with Gasteiger partial charge in [-0.1, -0.05) is 170 Å². The SMILES string of the molecule is c1ccc(-c2cccc(-c3cc(-c4ccc(-c5cc6c7ccc(-c8ccc9ccccc9c8)cc7oc6c6ccccc56)cc4)nc(-c4ccccc4)n3)c2)cc1. The fourth-order valence-corrected chi connectivity index (χ4v) is 8.15. The van der Waals surface area contributed by atoms with Gasteiger partial charge in [-0.3, -0.25) is 0 Å². The van der Waals surface area contributed by atoms with Gasteiger partial charge in [-0.25, -0.2) is 9.97 Å². The zero-order chi connectivity index (χ0) is 37.7. The molecule has 11 rings (SSSR count). The summed E-state index contributed by atoms with van der Waals surface area (Å²) in [5.41, 5.74) is 13.5. The van der Waals surface area contributed by atoms with Gasteiger partial charge in [0.1, 0.15) is 11.2 Å². The van der Waals surface area contributed by atoms with E-state index in [1.165, 1.54) is 21.9 Å². The molecule has 0 aliphatic rings. The topological polar surface area (TPSA) is 38.9 Å². The number of rotatable bonds is 6. The molecule has 266 valence electrons. The first-order valence-corrected chi connectivity index (χ1v) is 19.3. The van der Waals surface area contributed by atoms with E-state index in [1.807, 2.05) is 24.3 Å². The smallest absolute Gasteiger partial charge is 0.160 e. The average molecular weight is 727 g/mol. The van der Waals surface area contributed by atoms with E-state index in [4.69, 9.17) is 14.4 Å². The molecular formula is C54H34N2O. The second kappa shape index (κ2) is 13.6. The molecule has 0 saturated carbocycles. The van der Waals surface area contributed by atoms with Crippen LogP contribution in [0.15, 0.2) is 211 Å². The Labute approximate surface area is 330 Å². The summed E-state index contributed by atoms with van der Waals surface area (Å²) in [6.45, 7) is 0. The molecule has 11 aromatic rings. The van der Waals surface area contributed by atoms with Gasteiger partial charge < -0.3 is 4.42 Å². The lowest BCUT2D eigenvalue weighted by Gasteiger charge is -2.12. The Kier molecular flexibility index (Phi) is 7.82. The van der Waals surface area contributed by atoms with E-state index in [1.54, 1.807) is 0 Å². The molecule has 0 spiro atoms. The molecular weight excluding hydrogens is 693 g/mol. The molecule has 57 heavy (non-hydrogen) atoms. The van der Waals surface area contributed by atoms with Crippen molar-refractivity contribution in [3.05, 3.63) is 206 Å². The molecule has 2 heterocycles. The quantitative estimate of drug-likeness (QED) is 0.171. The summed E-state index contributed by atoms with van der Waals surface area (Å²) in [5.74, 6) is 0.698. The van der Waals surface area contributed by atoms with Gasteiger partial charge in [0.25, 0.3) is 0 Å². The minimum atomic E-state index is 0.698. The van der Waals surface area contributed by atoms with E-state index in [0.29, 0.717) is 5.82 Å². The van der Waals surface area contributed by atoms with Crippen LogP contribution >= 0.6 is 0 Å². The minimum absolute atomic E-state index is 0.698. The normalized spacial score (nSPS) is 11.5. The van der Waals surface area contributed by atoms with Crippen molar-refractivity contribution in [1.29, 1.82) is 0 Å². The van der Waals surface area contributed by atoms with E-state index in [0.717, 1.165) is 83.0 Å². The van der Waals surface area contributed by atoms with Gasteiger partial charge in [-0.05, 0) is 85.9 Å². The van der Waals surface area contributed by atoms with Gasteiger partial charge in [0.15, 0.2) is 5.82 Å². The predicted molar refractivity (Wildman–Crippen MR) is 237 cm³/mol. The maximum absolute atomic E-state index is 6.70. The second-order valence-corrected chi connectivity index (χ2v) is 14.6. The van der Waals surface area contributed by atoms with Crippen molar-refractivity contribution in [1.82, 2.24) is 9.97 Å². The third-order valence-electron chi connectivity index (χ3n) is 11.1. The molecule has 0 aliphatic carbocycles. The molecule has 0 unspecified atom stereocenters. The molecule has 3 heteroatoms. The lowest BCUT2D eigenvalue weighted by molar-refractivity contribution is 0.673. The van der Waals surface area contributed by atoms with Crippen LogP contribution in [0.3, 0.4) is 0 Å². The average Bonchev–Trinajstić information content (AvgIpc) is 3.67. The van der Waals surface area contributed by atoms with Gasteiger partial charge in [-0.2, -0.15) is 0 Å². The summed E-state index contributed by atoms with van der Waals surface area (Å²) >= 11 is 0. The van der Waals surface area contributed by atoms with Crippen LogP contribution in [-0.2, 0) is 0 Å². The van der Waals surface area contributed by atoms with E-state index in [9.17, 15) is 0 Å². The predicted octanol–water partition coefficient (Wildman–Crippen LogP) is 14.7. The summed E-state index contributed by atoms with van der Waals surface area (Å²) in [6.07, 6.45) is 0. The Morgan fingerprint density at radius 2 is 0.877 bits per heavy atom. The molecule has 0 aliphatic heterocycles.